The van der Waals surface area contributed by atoms with Crippen LogP contribution in [0.3, 0.4) is 0 Å². The molecule has 0 aliphatic carbocycles. The predicted molar refractivity (Wildman–Crippen MR) is 97.1 cm³/mol. The predicted octanol–water partition coefficient (Wildman–Crippen LogP) is 5.20. The van der Waals surface area contributed by atoms with Crippen LogP contribution in [0.25, 0.3) is 0 Å². The van der Waals surface area contributed by atoms with E-state index in [1.54, 1.807) is 6.07 Å². The molecule has 0 saturated carbocycles. The zero-order valence-corrected chi connectivity index (χ0v) is 15.3. The van der Waals surface area contributed by atoms with Gasteiger partial charge in [0.15, 0.2) is 0 Å². The Bertz CT molecular complexity index is 738. The summed E-state index contributed by atoms with van der Waals surface area (Å²) in [6, 6.07) is 13.9. The zero-order valence-electron chi connectivity index (χ0n) is 15.3. The lowest BCUT2D eigenvalue weighted by Gasteiger charge is -2.30. The molecule has 0 amide bonds. The standard InChI is InChI=1S/C21H26O3/c1-14-16(21(5,6)15-10-8-7-9-11-15)12-13-17(18(14)19(22)23)24-20(2,3)4/h7-13H,1-6H3,(H,22,23). The van der Waals surface area contributed by atoms with E-state index in [9.17, 15) is 9.90 Å². The van der Waals surface area contributed by atoms with E-state index < -0.39 is 11.6 Å². The third kappa shape index (κ3) is 3.61. The molecule has 0 aliphatic rings. The highest BCUT2D eigenvalue weighted by Crippen LogP contribution is 2.38. The molecule has 0 unspecified atom stereocenters. The lowest BCUT2D eigenvalue weighted by Crippen LogP contribution is -2.26. The second-order valence-corrected chi connectivity index (χ2v) is 7.62. The number of carbonyl (C=O) groups is 1. The van der Waals surface area contributed by atoms with Crippen LogP contribution in [0.1, 0.15) is 61.7 Å². The quantitative estimate of drug-likeness (QED) is 0.840. The van der Waals surface area contributed by atoms with Crippen molar-refractivity contribution in [3.8, 4) is 5.75 Å². The Hall–Kier alpha value is -2.29. The van der Waals surface area contributed by atoms with Crippen molar-refractivity contribution < 1.29 is 14.6 Å². The maximum atomic E-state index is 11.9. The number of rotatable bonds is 4. The fraction of sp³-hybridized carbons (Fsp3) is 0.381. The molecule has 3 heteroatoms. The summed E-state index contributed by atoms with van der Waals surface area (Å²) < 4.78 is 5.87. The Morgan fingerprint density at radius 2 is 1.54 bits per heavy atom. The van der Waals surface area contributed by atoms with Crippen molar-refractivity contribution in [2.75, 3.05) is 0 Å². The maximum absolute atomic E-state index is 11.9. The van der Waals surface area contributed by atoms with E-state index in [1.165, 1.54) is 0 Å². The van der Waals surface area contributed by atoms with Gasteiger partial charge in [0.2, 0.25) is 0 Å². The number of carboxylic acids is 1. The molecular formula is C21H26O3. The summed E-state index contributed by atoms with van der Waals surface area (Å²) in [6.45, 7) is 11.8. The molecule has 0 aliphatic heterocycles. The van der Waals surface area contributed by atoms with Crippen molar-refractivity contribution in [1.82, 2.24) is 0 Å². The van der Waals surface area contributed by atoms with E-state index >= 15 is 0 Å². The van der Waals surface area contributed by atoms with Crippen LogP contribution in [-0.4, -0.2) is 16.7 Å². The number of ether oxygens (including phenoxy) is 1. The first-order valence-corrected chi connectivity index (χ1v) is 8.16. The molecule has 0 bridgehead atoms. The monoisotopic (exact) mass is 326 g/mol. The molecule has 24 heavy (non-hydrogen) atoms. The van der Waals surface area contributed by atoms with Gasteiger partial charge < -0.3 is 9.84 Å². The molecule has 0 radical (unpaired) electrons. The van der Waals surface area contributed by atoms with Crippen molar-refractivity contribution in [2.45, 2.75) is 52.6 Å². The van der Waals surface area contributed by atoms with Crippen molar-refractivity contribution >= 4 is 5.97 Å². The van der Waals surface area contributed by atoms with E-state index in [1.807, 2.05) is 52.0 Å². The fourth-order valence-corrected chi connectivity index (χ4v) is 3.05. The second-order valence-electron chi connectivity index (χ2n) is 7.62. The van der Waals surface area contributed by atoms with Crippen LogP contribution in [0, 0.1) is 6.92 Å². The van der Waals surface area contributed by atoms with E-state index in [-0.39, 0.29) is 11.0 Å². The molecule has 0 fully saturated rings. The van der Waals surface area contributed by atoms with Crippen LogP contribution >= 0.6 is 0 Å². The van der Waals surface area contributed by atoms with Crippen LogP contribution in [0.4, 0.5) is 0 Å². The summed E-state index contributed by atoms with van der Waals surface area (Å²) in [5, 5.41) is 9.72. The average molecular weight is 326 g/mol. The minimum Gasteiger partial charge on any atom is -0.487 e. The molecule has 1 N–H and O–H groups in total. The SMILES string of the molecule is Cc1c(C(C)(C)c2ccccc2)ccc(OC(C)(C)C)c1C(=O)O. The smallest absolute Gasteiger partial charge is 0.339 e. The van der Waals surface area contributed by atoms with Gasteiger partial charge in [-0.25, -0.2) is 4.79 Å². The maximum Gasteiger partial charge on any atom is 0.339 e. The van der Waals surface area contributed by atoms with Gasteiger partial charge in [-0.2, -0.15) is 0 Å². The molecule has 2 rings (SSSR count). The largest absolute Gasteiger partial charge is 0.487 e. The summed E-state index contributed by atoms with van der Waals surface area (Å²) in [4.78, 5) is 11.9. The van der Waals surface area contributed by atoms with Gasteiger partial charge in [-0.3, -0.25) is 0 Å². The summed E-state index contributed by atoms with van der Waals surface area (Å²) in [6.07, 6.45) is 0. The molecule has 128 valence electrons. The highest BCUT2D eigenvalue weighted by atomic mass is 16.5. The Kier molecular flexibility index (Phi) is 4.75. The Morgan fingerprint density at radius 3 is 2.04 bits per heavy atom. The van der Waals surface area contributed by atoms with Crippen molar-refractivity contribution in [1.29, 1.82) is 0 Å². The minimum atomic E-state index is -0.961. The number of benzene rings is 2. The summed E-state index contributed by atoms with van der Waals surface area (Å²) in [7, 11) is 0. The van der Waals surface area contributed by atoms with Gasteiger partial charge in [-0.1, -0.05) is 50.2 Å². The van der Waals surface area contributed by atoms with E-state index in [0.717, 1.165) is 16.7 Å². The molecule has 0 spiro atoms. The van der Waals surface area contributed by atoms with Crippen LogP contribution in [0.5, 0.6) is 5.75 Å². The van der Waals surface area contributed by atoms with Crippen molar-refractivity contribution in [3.63, 3.8) is 0 Å². The van der Waals surface area contributed by atoms with Crippen LogP contribution in [0.2, 0.25) is 0 Å². The molecular weight excluding hydrogens is 300 g/mol. The Balaban J connectivity index is 2.62. The average Bonchev–Trinajstić information content (AvgIpc) is 2.46. The van der Waals surface area contributed by atoms with E-state index in [2.05, 4.69) is 26.0 Å². The van der Waals surface area contributed by atoms with Crippen LogP contribution in [-0.2, 0) is 5.41 Å². The molecule has 0 aromatic heterocycles. The zero-order chi connectivity index (χ0) is 18.1. The fourth-order valence-electron chi connectivity index (χ4n) is 3.05. The lowest BCUT2D eigenvalue weighted by atomic mass is 9.75. The summed E-state index contributed by atoms with van der Waals surface area (Å²) in [5.41, 5.74) is 2.38. The first kappa shape index (κ1) is 18.1. The van der Waals surface area contributed by atoms with Crippen molar-refractivity contribution in [2.24, 2.45) is 0 Å². The number of hydrogen-bond acceptors (Lipinski definition) is 2. The van der Waals surface area contributed by atoms with Gasteiger partial charge in [0.1, 0.15) is 16.9 Å². The number of carboxylic acid groups (broad SMARTS) is 1. The van der Waals surface area contributed by atoms with E-state index in [0.29, 0.717) is 5.75 Å². The lowest BCUT2D eigenvalue weighted by molar-refractivity contribution is 0.0680. The minimum absolute atomic E-state index is 0.242. The van der Waals surface area contributed by atoms with Crippen molar-refractivity contribution in [3.05, 3.63) is 64.7 Å². The molecule has 0 saturated heterocycles. The Labute approximate surface area is 144 Å². The Morgan fingerprint density at radius 1 is 0.958 bits per heavy atom. The van der Waals surface area contributed by atoms with Gasteiger partial charge in [0.05, 0.1) is 0 Å². The van der Waals surface area contributed by atoms with Gasteiger partial charge >= 0.3 is 5.97 Å². The highest BCUT2D eigenvalue weighted by molar-refractivity contribution is 5.93. The van der Waals surface area contributed by atoms with Gasteiger partial charge in [-0.05, 0) is 50.5 Å². The van der Waals surface area contributed by atoms with Crippen LogP contribution in [0.15, 0.2) is 42.5 Å². The molecule has 3 nitrogen and oxygen atoms in total. The third-order valence-corrected chi connectivity index (χ3v) is 4.23. The normalized spacial score (nSPS) is 12.1. The topological polar surface area (TPSA) is 46.5 Å². The van der Waals surface area contributed by atoms with Gasteiger partial charge in [0.25, 0.3) is 0 Å². The molecule has 2 aromatic carbocycles. The first-order valence-electron chi connectivity index (χ1n) is 8.16. The number of aromatic carboxylic acids is 1. The van der Waals surface area contributed by atoms with Crippen LogP contribution < -0.4 is 4.74 Å². The highest BCUT2D eigenvalue weighted by Gasteiger charge is 2.29. The second kappa shape index (κ2) is 6.31. The van der Waals surface area contributed by atoms with Gasteiger partial charge in [0, 0.05) is 5.41 Å². The third-order valence-electron chi connectivity index (χ3n) is 4.23. The molecule has 2 aromatic rings. The number of hydrogen-bond donors (Lipinski definition) is 1. The summed E-state index contributed by atoms with van der Waals surface area (Å²) >= 11 is 0. The molecule has 0 atom stereocenters. The first-order chi connectivity index (χ1) is 11.0. The van der Waals surface area contributed by atoms with Gasteiger partial charge in [-0.15, -0.1) is 0 Å². The summed E-state index contributed by atoms with van der Waals surface area (Å²) in [5.74, 6) is -0.544. The molecule has 0 heterocycles. The van der Waals surface area contributed by atoms with E-state index in [4.69, 9.17) is 4.74 Å².